The van der Waals surface area contributed by atoms with Crippen molar-refractivity contribution < 1.29 is 18.3 Å². The van der Waals surface area contributed by atoms with Crippen molar-refractivity contribution in [3.63, 3.8) is 0 Å². The fourth-order valence-corrected chi connectivity index (χ4v) is 7.25. The van der Waals surface area contributed by atoms with Crippen molar-refractivity contribution in [2.75, 3.05) is 13.1 Å². The Morgan fingerprint density at radius 3 is 2.58 bits per heavy atom. The summed E-state index contributed by atoms with van der Waals surface area (Å²) in [5, 5.41) is 8.98. The average molecular weight is 548 g/mol. The highest BCUT2D eigenvalue weighted by Crippen LogP contribution is 2.69. The molecule has 1 saturated heterocycles. The van der Waals surface area contributed by atoms with Gasteiger partial charge in [0.15, 0.2) is 0 Å². The minimum Gasteiger partial charge on any atom is -0.444 e. The number of benzene rings is 1. The fourth-order valence-electron chi connectivity index (χ4n) is 7.25. The Morgan fingerprint density at radius 1 is 1.10 bits per heavy atom. The molecule has 7 nitrogen and oxygen atoms in total. The number of nitrogens with zero attached hydrogens (tertiary/aromatic N) is 5. The molecule has 3 aromatic rings. The van der Waals surface area contributed by atoms with Gasteiger partial charge in [-0.05, 0) is 87.6 Å². The third kappa shape index (κ3) is 4.08. The van der Waals surface area contributed by atoms with E-state index in [0.717, 1.165) is 42.6 Å². The molecule has 1 amide bonds. The number of aromatic nitrogens is 4. The average Bonchev–Trinajstić information content (AvgIpc) is 3.29. The summed E-state index contributed by atoms with van der Waals surface area (Å²) in [5.41, 5.74) is 1.47. The summed E-state index contributed by atoms with van der Waals surface area (Å²) in [6.07, 6.45) is 4.99. The van der Waals surface area contributed by atoms with E-state index in [1.807, 2.05) is 32.9 Å². The molecule has 2 bridgehead atoms. The summed E-state index contributed by atoms with van der Waals surface area (Å²) < 4.78 is 34.8. The molecule has 9 heteroatoms. The monoisotopic (exact) mass is 547 g/mol. The molecule has 2 fully saturated rings. The van der Waals surface area contributed by atoms with E-state index in [1.54, 1.807) is 11.1 Å². The fraction of sp³-hybridized carbons (Fsp3) is 0.516. The summed E-state index contributed by atoms with van der Waals surface area (Å²) in [6.45, 7) is 11.2. The Hall–Kier alpha value is -3.49. The molecule has 40 heavy (non-hydrogen) atoms. The van der Waals surface area contributed by atoms with Crippen molar-refractivity contribution in [1.82, 2.24) is 25.1 Å². The number of hydrogen-bond acceptors (Lipinski definition) is 6. The first-order valence-electron chi connectivity index (χ1n) is 14.1. The number of fused-ring (bicyclic) bond motifs is 5. The second-order valence-electron chi connectivity index (χ2n) is 12.9. The lowest BCUT2D eigenvalue weighted by Gasteiger charge is -2.38. The van der Waals surface area contributed by atoms with Crippen molar-refractivity contribution in [3.8, 4) is 11.3 Å². The highest BCUT2D eigenvalue weighted by molar-refractivity contribution is 5.68. The van der Waals surface area contributed by atoms with Gasteiger partial charge in [-0.25, -0.2) is 23.5 Å². The van der Waals surface area contributed by atoms with E-state index in [9.17, 15) is 13.6 Å². The molecule has 1 aromatic carbocycles. The van der Waals surface area contributed by atoms with Gasteiger partial charge in [-0.3, -0.25) is 0 Å². The summed E-state index contributed by atoms with van der Waals surface area (Å²) in [6, 6.07) is 7.61. The van der Waals surface area contributed by atoms with Crippen LogP contribution < -0.4 is 0 Å². The molecular formula is C31H35F2N5O2. The Balaban J connectivity index is 1.36. The van der Waals surface area contributed by atoms with Gasteiger partial charge in [0.25, 0.3) is 0 Å². The maximum absolute atomic E-state index is 14.6. The molecule has 2 aromatic heterocycles. The minimum absolute atomic E-state index is 0.00343. The lowest BCUT2D eigenvalue weighted by Crippen LogP contribution is -2.43. The molecule has 210 valence electrons. The number of hydrogen-bond donors (Lipinski definition) is 0. The third-order valence-corrected chi connectivity index (χ3v) is 9.15. The molecule has 6 rings (SSSR count). The maximum atomic E-state index is 14.6. The number of ether oxygens (including phenoxy) is 1. The number of carbonyl (C=O) groups excluding carboxylic acids is 1. The van der Waals surface area contributed by atoms with Crippen molar-refractivity contribution in [2.24, 2.45) is 5.41 Å². The van der Waals surface area contributed by atoms with E-state index >= 15 is 0 Å². The molecule has 2 aliphatic carbocycles. The second-order valence-corrected chi connectivity index (χ2v) is 12.9. The molecular weight excluding hydrogens is 512 g/mol. The zero-order valence-electron chi connectivity index (χ0n) is 23.7. The largest absolute Gasteiger partial charge is 0.444 e. The van der Waals surface area contributed by atoms with E-state index < -0.39 is 22.7 Å². The van der Waals surface area contributed by atoms with Crippen LogP contribution in [0.1, 0.15) is 94.9 Å². The van der Waals surface area contributed by atoms with E-state index in [1.165, 1.54) is 18.2 Å². The lowest BCUT2D eigenvalue weighted by molar-refractivity contribution is 0.0196. The number of amides is 1. The quantitative estimate of drug-likeness (QED) is 0.371. The van der Waals surface area contributed by atoms with Crippen LogP contribution in [0.3, 0.4) is 0 Å². The normalized spacial score (nSPS) is 25.1. The van der Waals surface area contributed by atoms with E-state index in [-0.39, 0.29) is 34.6 Å². The zero-order valence-corrected chi connectivity index (χ0v) is 23.7. The van der Waals surface area contributed by atoms with E-state index in [4.69, 9.17) is 9.72 Å². The molecule has 1 unspecified atom stereocenters. The van der Waals surface area contributed by atoms with E-state index in [0.29, 0.717) is 18.9 Å². The topological polar surface area (TPSA) is 81.1 Å². The predicted octanol–water partition coefficient (Wildman–Crippen LogP) is 6.53. The van der Waals surface area contributed by atoms with Crippen LogP contribution in [0.5, 0.6) is 0 Å². The van der Waals surface area contributed by atoms with Gasteiger partial charge in [0.1, 0.15) is 23.1 Å². The van der Waals surface area contributed by atoms with Crippen LogP contribution in [0.4, 0.5) is 13.6 Å². The van der Waals surface area contributed by atoms with Crippen molar-refractivity contribution in [2.45, 2.75) is 83.2 Å². The van der Waals surface area contributed by atoms with Crippen LogP contribution in [0.15, 0.2) is 36.5 Å². The summed E-state index contributed by atoms with van der Waals surface area (Å²) in [5.74, 6) is -0.441. The Labute approximate surface area is 233 Å². The van der Waals surface area contributed by atoms with Gasteiger partial charge in [0, 0.05) is 25.2 Å². The summed E-state index contributed by atoms with van der Waals surface area (Å²) in [7, 11) is 0. The maximum Gasteiger partial charge on any atom is 0.410 e. The molecule has 3 atom stereocenters. The van der Waals surface area contributed by atoms with Crippen LogP contribution in [0.25, 0.3) is 11.3 Å². The first-order chi connectivity index (χ1) is 18.9. The van der Waals surface area contributed by atoms with Gasteiger partial charge in [0.05, 0.1) is 28.1 Å². The Kier molecular flexibility index (Phi) is 6.20. The molecule has 0 spiro atoms. The standard InChI is InChI=1S/C31H35F2N5O2/c1-29(2,3)40-28(39)38-15-7-8-18(17-38)27-34-14-12-24(35-27)31-13-11-20(30(31,4)5)19-16-23(36-37-26(19)31)25-21(32)9-6-10-22(25)33/h6,9-10,12,14,16,18,20H,7-8,11,13,15,17H2,1-5H3/t18?,20-,31-/m0/s1. The first-order valence-corrected chi connectivity index (χ1v) is 14.1. The Bertz CT molecular complexity index is 1470. The number of carbonyl (C=O) groups is 1. The summed E-state index contributed by atoms with van der Waals surface area (Å²) >= 11 is 0. The Morgan fingerprint density at radius 2 is 1.85 bits per heavy atom. The van der Waals surface area contributed by atoms with Crippen molar-refractivity contribution >= 4 is 6.09 Å². The van der Waals surface area contributed by atoms with Crippen LogP contribution in [0, 0.1) is 17.0 Å². The smallest absolute Gasteiger partial charge is 0.410 e. The van der Waals surface area contributed by atoms with Gasteiger partial charge in [-0.15, -0.1) is 5.10 Å². The van der Waals surface area contributed by atoms with Crippen LogP contribution in [0.2, 0.25) is 0 Å². The van der Waals surface area contributed by atoms with Crippen LogP contribution in [-0.2, 0) is 10.2 Å². The highest BCUT2D eigenvalue weighted by atomic mass is 19.1. The third-order valence-electron chi connectivity index (χ3n) is 9.15. The predicted molar refractivity (Wildman–Crippen MR) is 146 cm³/mol. The first kappa shape index (κ1) is 26.7. The second kappa shape index (κ2) is 9.28. The summed E-state index contributed by atoms with van der Waals surface area (Å²) in [4.78, 5) is 24.3. The molecule has 3 heterocycles. The minimum atomic E-state index is -0.653. The molecule has 0 N–H and O–H groups in total. The van der Waals surface area contributed by atoms with Crippen molar-refractivity contribution in [3.05, 3.63) is 70.9 Å². The molecule has 0 radical (unpaired) electrons. The van der Waals surface area contributed by atoms with Gasteiger partial charge in [-0.2, -0.15) is 5.10 Å². The number of halogens is 2. The van der Waals surface area contributed by atoms with Gasteiger partial charge >= 0.3 is 6.09 Å². The lowest BCUT2D eigenvalue weighted by atomic mass is 9.66. The molecule has 1 saturated carbocycles. The molecule has 1 aliphatic heterocycles. The van der Waals surface area contributed by atoms with Gasteiger partial charge in [-0.1, -0.05) is 19.9 Å². The van der Waals surface area contributed by atoms with Crippen LogP contribution >= 0.6 is 0 Å². The zero-order chi connectivity index (χ0) is 28.4. The number of rotatable bonds is 3. The number of piperidine rings is 1. The highest BCUT2D eigenvalue weighted by Gasteiger charge is 2.65. The van der Waals surface area contributed by atoms with Gasteiger partial charge in [0.2, 0.25) is 0 Å². The number of likely N-dealkylation sites (tertiary alicyclic amines) is 1. The van der Waals surface area contributed by atoms with Gasteiger partial charge < -0.3 is 9.64 Å². The molecule has 3 aliphatic rings. The SMILES string of the molecule is CC(C)(C)OC(=O)N1CCCC(c2nccc([C@@]34CC[C@@H](c5cc(-c6c(F)cccc6F)nnc53)C4(C)C)n2)C1. The van der Waals surface area contributed by atoms with E-state index in [2.05, 4.69) is 29.0 Å². The van der Waals surface area contributed by atoms with Crippen LogP contribution in [-0.4, -0.2) is 49.8 Å². The van der Waals surface area contributed by atoms with Crippen molar-refractivity contribution in [1.29, 1.82) is 0 Å².